The van der Waals surface area contributed by atoms with E-state index >= 15 is 0 Å². The summed E-state index contributed by atoms with van der Waals surface area (Å²) in [7, 11) is 1.11. The van der Waals surface area contributed by atoms with Crippen molar-refractivity contribution in [3.05, 3.63) is 70.8 Å². The van der Waals surface area contributed by atoms with Gasteiger partial charge < -0.3 is 56.1 Å². The molecule has 4 heterocycles. The molecule has 2 saturated carbocycles. The minimum absolute atomic E-state index is 0.0380. The van der Waals surface area contributed by atoms with E-state index in [0.717, 1.165) is 32.9 Å². The molecular weight excluding hydrogens is 786 g/mol. The van der Waals surface area contributed by atoms with Crippen molar-refractivity contribution in [2.75, 3.05) is 20.3 Å². The number of amides is 3. The van der Waals surface area contributed by atoms with Crippen LogP contribution in [0.5, 0.6) is 11.5 Å². The van der Waals surface area contributed by atoms with Gasteiger partial charge in [-0.25, -0.2) is 23.5 Å². The predicted octanol–water partition coefficient (Wildman–Crippen LogP) is 1.13. The molecule has 0 saturated heterocycles. The Balaban J connectivity index is 0.000000184. The van der Waals surface area contributed by atoms with E-state index in [2.05, 4.69) is 43.7 Å². The third kappa shape index (κ3) is 10.1. The van der Waals surface area contributed by atoms with Crippen LogP contribution >= 0.6 is 0 Å². The van der Waals surface area contributed by atoms with E-state index < -0.39 is 46.5 Å². The highest BCUT2D eigenvalue weighted by molar-refractivity contribution is 5.92. The van der Waals surface area contributed by atoms with Crippen LogP contribution in [0.4, 0.5) is 8.78 Å². The first-order valence-electron chi connectivity index (χ1n) is 18.7. The molecule has 19 heteroatoms. The summed E-state index contributed by atoms with van der Waals surface area (Å²) in [5, 5.41) is 23.0. The van der Waals surface area contributed by atoms with E-state index in [9.17, 15) is 38.2 Å². The number of nitrogens with zero attached hydrogens (tertiary/aromatic N) is 4. The number of halogens is 2. The second-order valence-electron chi connectivity index (χ2n) is 14.6. The highest BCUT2D eigenvalue weighted by Gasteiger charge is 2.34. The van der Waals surface area contributed by atoms with Gasteiger partial charge in [-0.3, -0.25) is 14.4 Å². The van der Waals surface area contributed by atoms with Crippen molar-refractivity contribution in [2.24, 2.45) is 17.2 Å². The van der Waals surface area contributed by atoms with Crippen LogP contribution in [-0.4, -0.2) is 96.6 Å². The Hall–Kier alpha value is -6.80. The largest absolute Gasteiger partial charge is 0.491 e. The summed E-state index contributed by atoms with van der Waals surface area (Å²) in [4.78, 5) is 54.9. The first kappa shape index (κ1) is 42.8. The molecular formula is C41H42F2N8O9. The van der Waals surface area contributed by atoms with Crippen LogP contribution in [0.15, 0.2) is 36.7 Å². The van der Waals surface area contributed by atoms with Crippen molar-refractivity contribution >= 4 is 23.7 Å². The summed E-state index contributed by atoms with van der Waals surface area (Å²) in [6.45, 7) is 3.70. The third-order valence-corrected chi connectivity index (χ3v) is 9.30. The van der Waals surface area contributed by atoms with Gasteiger partial charge in [0.2, 0.25) is 11.2 Å². The number of nitrogens with two attached hydrogens (primary N) is 3. The SMILES string of the molecule is CC(O)(C#Cc1cc2c(cc1F)OCCn1cc(C(N)=O)nc1-2)C(=O)NC1CC1.COC(=O)C(C)(O)C#Cc1cc2c(cc1F)OCCn1cc(C(N)=O)nc1-2.NC1CC1. The minimum Gasteiger partial charge on any atom is -0.491 e. The van der Waals surface area contributed by atoms with Gasteiger partial charge in [-0.2, -0.15) is 0 Å². The van der Waals surface area contributed by atoms with E-state index in [1.165, 1.54) is 50.4 Å². The van der Waals surface area contributed by atoms with E-state index in [-0.39, 0.29) is 53.3 Å². The molecule has 4 aliphatic rings. The van der Waals surface area contributed by atoms with E-state index in [1.807, 2.05) is 0 Å². The zero-order chi connectivity index (χ0) is 43.5. The highest BCUT2D eigenvalue weighted by atomic mass is 19.1. The maximum atomic E-state index is 14.6. The zero-order valence-electron chi connectivity index (χ0n) is 32.8. The van der Waals surface area contributed by atoms with E-state index in [0.29, 0.717) is 41.9 Å². The molecule has 0 bridgehead atoms. The summed E-state index contributed by atoms with van der Waals surface area (Å²) in [6, 6.07) is 5.75. The lowest BCUT2D eigenvalue weighted by molar-refractivity contribution is -0.154. The number of aliphatic hydroxyl groups is 2. The number of rotatable bonds is 5. The number of methoxy groups -OCH3 is 1. The Bertz CT molecular complexity index is 2500. The molecule has 2 aromatic carbocycles. The lowest BCUT2D eigenvalue weighted by atomic mass is 10.0. The molecule has 9 N–H and O–H groups in total. The fourth-order valence-electron chi connectivity index (χ4n) is 5.57. The normalized spacial score (nSPS) is 16.3. The summed E-state index contributed by atoms with van der Waals surface area (Å²) in [5.41, 5.74) is 12.6. The summed E-state index contributed by atoms with van der Waals surface area (Å²) in [5.74, 6) is 6.66. The molecule has 2 fully saturated rings. The molecule has 0 spiro atoms. The number of carbonyl (C=O) groups is 4. The molecule has 0 radical (unpaired) electrons. The molecule has 2 aromatic heterocycles. The van der Waals surface area contributed by atoms with Gasteiger partial charge in [0.05, 0.1) is 42.5 Å². The van der Waals surface area contributed by atoms with E-state index in [1.54, 1.807) is 9.13 Å². The van der Waals surface area contributed by atoms with E-state index in [4.69, 9.17) is 26.7 Å². The molecule has 314 valence electrons. The third-order valence-electron chi connectivity index (χ3n) is 9.30. The Morgan fingerprint density at radius 3 is 1.62 bits per heavy atom. The van der Waals surface area contributed by atoms with Crippen molar-refractivity contribution in [2.45, 2.75) is 75.9 Å². The topological polar surface area (TPSA) is 262 Å². The molecule has 2 aliphatic carbocycles. The number of primary amides is 2. The fraction of sp³-hybridized carbons (Fsp3) is 0.366. The van der Waals surface area contributed by atoms with Crippen molar-refractivity contribution < 1.29 is 52.4 Å². The zero-order valence-corrected chi connectivity index (χ0v) is 32.8. The Morgan fingerprint density at radius 1 is 0.800 bits per heavy atom. The van der Waals surface area contributed by atoms with Gasteiger partial charge in [-0.1, -0.05) is 23.7 Å². The standard InChI is InChI=1S/C20H19FN4O4.C18H16FN3O5.C3H7N/c1-20(28,19(27)23-12-2-3-12)5-4-11-8-13-16(9-14(11)21)29-7-6-25-10-15(17(22)26)24-18(13)25;1-18(25,17(24)26-2)4-3-10-7-11-14(8-12(10)19)27-6-5-22-9-13(15(20)23)21-16(11)22;4-3-1-2-3/h8-10,12,28H,2-3,6-7H2,1H3,(H2,22,26)(H,23,27);7-9,25H,5-6H2,1-2H3,(H2,20,23);3H,1-2,4H2. The number of esters is 1. The smallest absolute Gasteiger partial charge is 0.350 e. The van der Waals surface area contributed by atoms with Gasteiger partial charge in [0.15, 0.2) is 0 Å². The average molecular weight is 829 g/mol. The average Bonchev–Trinajstić information content (AvgIpc) is 4.12. The molecule has 2 aliphatic heterocycles. The monoisotopic (exact) mass is 828 g/mol. The number of fused-ring (bicyclic) bond motifs is 6. The number of aromatic nitrogens is 4. The number of benzene rings is 2. The van der Waals surface area contributed by atoms with Gasteiger partial charge in [0.25, 0.3) is 17.7 Å². The van der Waals surface area contributed by atoms with Crippen molar-refractivity contribution in [1.29, 1.82) is 0 Å². The van der Waals surface area contributed by atoms with Gasteiger partial charge in [-0.05, 0) is 51.7 Å². The Kier molecular flexibility index (Phi) is 12.3. The van der Waals surface area contributed by atoms with Crippen LogP contribution in [-0.2, 0) is 27.4 Å². The number of nitrogens with one attached hydrogen (secondary N) is 1. The lowest BCUT2D eigenvalue weighted by Gasteiger charge is -2.15. The van der Waals surface area contributed by atoms with Crippen LogP contribution in [0.1, 0.15) is 71.6 Å². The summed E-state index contributed by atoms with van der Waals surface area (Å²) < 4.78 is 47.9. The molecule has 4 aromatic rings. The molecule has 8 rings (SSSR count). The first-order chi connectivity index (χ1) is 28.4. The quantitative estimate of drug-likeness (QED) is 0.122. The molecule has 2 atom stereocenters. The van der Waals surface area contributed by atoms with Crippen LogP contribution in [0.3, 0.4) is 0 Å². The maximum absolute atomic E-state index is 14.6. The van der Waals surface area contributed by atoms with Gasteiger partial charge >= 0.3 is 5.97 Å². The lowest BCUT2D eigenvalue weighted by Crippen LogP contribution is -2.44. The van der Waals surface area contributed by atoms with Gasteiger partial charge in [0, 0.05) is 36.6 Å². The fourth-order valence-corrected chi connectivity index (χ4v) is 5.57. The van der Waals surface area contributed by atoms with Crippen LogP contribution < -0.4 is 32.0 Å². The van der Waals surface area contributed by atoms with Crippen LogP contribution in [0.25, 0.3) is 22.8 Å². The number of ether oxygens (including phenoxy) is 3. The summed E-state index contributed by atoms with van der Waals surface area (Å²) >= 11 is 0. The van der Waals surface area contributed by atoms with Gasteiger partial charge in [-0.15, -0.1) is 0 Å². The van der Waals surface area contributed by atoms with Crippen molar-refractivity contribution in [1.82, 2.24) is 24.4 Å². The van der Waals surface area contributed by atoms with Crippen molar-refractivity contribution in [3.8, 4) is 58.0 Å². The Morgan fingerprint density at radius 2 is 1.23 bits per heavy atom. The molecule has 3 amide bonds. The number of hydrogen-bond acceptors (Lipinski definition) is 12. The Labute approximate surface area is 342 Å². The molecule has 2 unspecified atom stereocenters. The second kappa shape index (κ2) is 17.2. The maximum Gasteiger partial charge on any atom is 0.350 e. The first-order valence-corrected chi connectivity index (χ1v) is 18.7. The second-order valence-corrected chi connectivity index (χ2v) is 14.6. The molecule has 60 heavy (non-hydrogen) atoms. The number of imidazole rings is 2. The van der Waals surface area contributed by atoms with Crippen molar-refractivity contribution in [3.63, 3.8) is 0 Å². The van der Waals surface area contributed by atoms with Gasteiger partial charge in [0.1, 0.15) is 59.4 Å². The molecule has 17 nitrogen and oxygen atoms in total. The van der Waals surface area contributed by atoms with Crippen LogP contribution in [0, 0.1) is 35.3 Å². The number of hydrogen-bond donors (Lipinski definition) is 6. The highest BCUT2D eigenvalue weighted by Crippen LogP contribution is 2.35. The predicted molar refractivity (Wildman–Crippen MR) is 209 cm³/mol. The summed E-state index contributed by atoms with van der Waals surface area (Å²) in [6.07, 6.45) is 7.27. The van der Waals surface area contributed by atoms with Crippen LogP contribution in [0.2, 0.25) is 0 Å². The minimum atomic E-state index is -2.10. The number of carbonyl (C=O) groups excluding carboxylic acids is 4.